The topological polar surface area (TPSA) is 67.6 Å². The number of unbranched alkanes of at least 4 members (excludes halogenated alkanes) is 7. The van der Waals surface area contributed by atoms with Crippen LogP contribution in [-0.4, -0.2) is 22.0 Å². The number of hydrogen-bond donors (Lipinski definition) is 2. The first-order valence-corrected chi connectivity index (χ1v) is 8.88. The third-order valence-electron chi connectivity index (χ3n) is 4.38. The Labute approximate surface area is 133 Å². The number of benzene rings is 1. The van der Waals surface area contributed by atoms with Gasteiger partial charge < -0.3 is 5.73 Å². The lowest BCUT2D eigenvalue weighted by Gasteiger charge is -2.09. The highest BCUT2D eigenvalue weighted by Crippen LogP contribution is 2.21. The zero-order valence-corrected chi connectivity index (χ0v) is 13.9. The lowest BCUT2D eigenvalue weighted by molar-refractivity contribution is 0.575. The van der Waals surface area contributed by atoms with E-state index < -0.39 is 0 Å². The molecule has 0 unspecified atom stereocenters. The minimum atomic E-state index is 0.663. The van der Waals surface area contributed by atoms with Gasteiger partial charge in [-0.05, 0) is 43.0 Å². The summed E-state index contributed by atoms with van der Waals surface area (Å²) in [7, 11) is 0. The van der Waals surface area contributed by atoms with Crippen LogP contribution in [0.4, 0.5) is 0 Å². The second-order valence-electron chi connectivity index (χ2n) is 6.16. The summed E-state index contributed by atoms with van der Waals surface area (Å²) in [5, 5.41) is 11.2. The quantitative estimate of drug-likeness (QED) is 0.613. The summed E-state index contributed by atoms with van der Waals surface area (Å²) in [6, 6.07) is 4.27. The largest absolute Gasteiger partial charge is 0.330 e. The zero-order valence-electron chi connectivity index (χ0n) is 13.9. The fourth-order valence-electron chi connectivity index (χ4n) is 3.12. The maximum absolute atomic E-state index is 5.77. The summed E-state index contributed by atoms with van der Waals surface area (Å²) in [4.78, 5) is 0. The molecule has 1 aromatic heterocycles. The van der Waals surface area contributed by atoms with Crippen molar-refractivity contribution in [2.24, 2.45) is 5.73 Å². The van der Waals surface area contributed by atoms with Gasteiger partial charge in [0.05, 0.1) is 0 Å². The van der Waals surface area contributed by atoms with Crippen molar-refractivity contribution in [2.75, 3.05) is 6.54 Å². The van der Waals surface area contributed by atoms with Crippen LogP contribution in [0.2, 0.25) is 0 Å². The van der Waals surface area contributed by atoms with E-state index in [1.165, 1.54) is 62.5 Å². The second-order valence-corrected chi connectivity index (χ2v) is 6.16. The molecule has 1 heterocycles. The van der Waals surface area contributed by atoms with Crippen molar-refractivity contribution in [3.05, 3.63) is 23.3 Å². The average Bonchev–Trinajstić information content (AvgIpc) is 3.00. The molecule has 0 saturated heterocycles. The zero-order chi connectivity index (χ0) is 15.6. The van der Waals surface area contributed by atoms with Crippen molar-refractivity contribution in [3.63, 3.8) is 0 Å². The van der Waals surface area contributed by atoms with Gasteiger partial charge in [-0.3, -0.25) is 0 Å². The molecule has 0 fully saturated rings. The van der Waals surface area contributed by atoms with Gasteiger partial charge in [-0.1, -0.05) is 57.9 Å². The van der Waals surface area contributed by atoms with E-state index >= 15 is 0 Å². The fraction of sp³-hybridized carbons (Fsp3) is 0.667. The van der Waals surface area contributed by atoms with E-state index in [1.807, 2.05) is 0 Å². The van der Waals surface area contributed by atoms with Crippen LogP contribution >= 0.6 is 0 Å². The van der Waals surface area contributed by atoms with Crippen LogP contribution < -0.4 is 5.73 Å². The Balaban J connectivity index is 1.80. The van der Waals surface area contributed by atoms with Gasteiger partial charge in [-0.25, -0.2) is 0 Å². The maximum Gasteiger partial charge on any atom is 0.116 e. The first-order chi connectivity index (χ1) is 10.9. The van der Waals surface area contributed by atoms with Crippen LogP contribution in [0.5, 0.6) is 0 Å². The van der Waals surface area contributed by atoms with Gasteiger partial charge in [-0.15, -0.1) is 0 Å². The monoisotopic (exact) mass is 302 g/mol. The van der Waals surface area contributed by atoms with E-state index in [0.717, 1.165) is 23.9 Å². The van der Waals surface area contributed by atoms with Crippen molar-refractivity contribution in [2.45, 2.75) is 71.1 Å². The van der Waals surface area contributed by atoms with E-state index in [9.17, 15) is 0 Å². The predicted molar refractivity (Wildman–Crippen MR) is 93.0 cm³/mol. The van der Waals surface area contributed by atoms with E-state index in [-0.39, 0.29) is 0 Å². The smallest absolute Gasteiger partial charge is 0.116 e. The fourth-order valence-corrected chi connectivity index (χ4v) is 3.12. The van der Waals surface area contributed by atoms with Gasteiger partial charge in [-0.2, -0.15) is 15.4 Å². The summed E-state index contributed by atoms with van der Waals surface area (Å²) in [5.74, 6) is 0. The maximum atomic E-state index is 5.77. The number of H-pyrrole nitrogens is 1. The third kappa shape index (κ3) is 4.80. The van der Waals surface area contributed by atoms with Gasteiger partial charge in [0, 0.05) is 0 Å². The van der Waals surface area contributed by atoms with Crippen LogP contribution in [-0.2, 0) is 12.8 Å². The number of rotatable bonds is 11. The molecule has 0 aliphatic heterocycles. The first kappa shape index (κ1) is 16.9. The molecule has 122 valence electrons. The van der Waals surface area contributed by atoms with Crippen LogP contribution in [0.1, 0.15) is 69.4 Å². The Morgan fingerprint density at radius 3 is 2.36 bits per heavy atom. The number of aryl methyl sites for hydroxylation is 1. The summed E-state index contributed by atoms with van der Waals surface area (Å²) >= 11 is 0. The summed E-state index contributed by atoms with van der Waals surface area (Å²) in [5.41, 5.74) is 10.4. The van der Waals surface area contributed by atoms with Crippen LogP contribution in [0.25, 0.3) is 11.0 Å². The van der Waals surface area contributed by atoms with Gasteiger partial charge in [0.25, 0.3) is 0 Å². The van der Waals surface area contributed by atoms with Crippen molar-refractivity contribution in [3.8, 4) is 0 Å². The minimum Gasteiger partial charge on any atom is -0.330 e. The average molecular weight is 302 g/mol. The second kappa shape index (κ2) is 9.57. The number of nitrogens with one attached hydrogen (secondary N) is 1. The molecule has 0 spiro atoms. The first-order valence-electron chi connectivity index (χ1n) is 8.88. The summed E-state index contributed by atoms with van der Waals surface area (Å²) in [6.07, 6.45) is 12.9. The van der Waals surface area contributed by atoms with Gasteiger partial charge in [0.1, 0.15) is 11.0 Å². The molecule has 4 heteroatoms. The number of hydrogen-bond acceptors (Lipinski definition) is 3. The molecule has 0 aliphatic carbocycles. The molecule has 2 aromatic rings. The third-order valence-corrected chi connectivity index (χ3v) is 4.38. The van der Waals surface area contributed by atoms with E-state index in [0.29, 0.717) is 6.54 Å². The highest BCUT2D eigenvalue weighted by atomic mass is 15.3. The normalized spacial score (nSPS) is 11.4. The van der Waals surface area contributed by atoms with Crippen molar-refractivity contribution in [1.29, 1.82) is 0 Å². The molecule has 0 atom stereocenters. The van der Waals surface area contributed by atoms with Gasteiger partial charge in [0.2, 0.25) is 0 Å². The highest BCUT2D eigenvalue weighted by Gasteiger charge is 2.10. The predicted octanol–water partition coefficient (Wildman–Crippen LogP) is 4.14. The summed E-state index contributed by atoms with van der Waals surface area (Å²) in [6.45, 7) is 2.93. The molecular formula is C18H30N4. The molecule has 3 N–H and O–H groups in total. The van der Waals surface area contributed by atoms with Crippen molar-refractivity contribution < 1.29 is 0 Å². The highest BCUT2D eigenvalue weighted by molar-refractivity contribution is 5.78. The Morgan fingerprint density at radius 2 is 1.64 bits per heavy atom. The van der Waals surface area contributed by atoms with Crippen LogP contribution in [0.3, 0.4) is 0 Å². The number of nitrogens with zero attached hydrogens (tertiary/aromatic N) is 2. The van der Waals surface area contributed by atoms with Gasteiger partial charge >= 0.3 is 0 Å². The molecule has 2 rings (SSSR count). The number of aromatic amines is 1. The lowest BCUT2D eigenvalue weighted by Crippen LogP contribution is -2.06. The molecular weight excluding hydrogens is 272 g/mol. The Morgan fingerprint density at radius 1 is 0.909 bits per heavy atom. The molecule has 0 radical (unpaired) electrons. The summed E-state index contributed by atoms with van der Waals surface area (Å²) < 4.78 is 0. The Hall–Kier alpha value is -1.42. The SMILES string of the molecule is CCCCCCCCCCc1ccc2n[nH]nc2c1CCN. The molecule has 1 aromatic carbocycles. The molecule has 0 bridgehead atoms. The van der Waals surface area contributed by atoms with Gasteiger partial charge in [0.15, 0.2) is 0 Å². The van der Waals surface area contributed by atoms with E-state index in [1.54, 1.807) is 0 Å². The number of nitrogens with two attached hydrogens (primary N) is 1. The molecule has 0 saturated carbocycles. The molecule has 0 amide bonds. The lowest BCUT2D eigenvalue weighted by atomic mass is 9.97. The number of aromatic nitrogens is 3. The van der Waals surface area contributed by atoms with Crippen molar-refractivity contribution >= 4 is 11.0 Å². The van der Waals surface area contributed by atoms with Crippen LogP contribution in [0.15, 0.2) is 12.1 Å². The minimum absolute atomic E-state index is 0.663. The van der Waals surface area contributed by atoms with Crippen LogP contribution in [0, 0.1) is 0 Å². The Kier molecular flexibility index (Phi) is 7.37. The standard InChI is InChI=1S/C18H30N4/c1-2-3-4-5-6-7-8-9-10-15-11-12-17-18(21-22-20-17)16(15)13-14-19/h11-12H,2-10,13-14,19H2,1H3,(H,20,21,22). The van der Waals surface area contributed by atoms with E-state index in [2.05, 4.69) is 34.5 Å². The molecule has 0 aliphatic rings. The van der Waals surface area contributed by atoms with E-state index in [4.69, 9.17) is 5.73 Å². The Bertz CT molecular complexity index is 547. The molecule has 22 heavy (non-hydrogen) atoms. The number of fused-ring (bicyclic) bond motifs is 1. The van der Waals surface area contributed by atoms with Crippen molar-refractivity contribution in [1.82, 2.24) is 15.4 Å². The molecule has 4 nitrogen and oxygen atoms in total.